The summed E-state index contributed by atoms with van der Waals surface area (Å²) in [5.74, 6) is 0.224. The number of hydrogen-bond donors (Lipinski definition) is 0. The molecule has 0 aromatic carbocycles. The smallest absolute Gasteiger partial charge is 0.232 e. The van der Waals surface area contributed by atoms with Gasteiger partial charge in [0.05, 0.1) is 23.7 Å². The molecule has 1 aliphatic rings. The van der Waals surface area contributed by atoms with Crippen LogP contribution in [-0.2, 0) is 9.53 Å². The van der Waals surface area contributed by atoms with E-state index >= 15 is 0 Å². The van der Waals surface area contributed by atoms with E-state index in [1.54, 1.807) is 0 Å². The number of carbonyl (C=O) groups is 1. The first-order chi connectivity index (χ1) is 5.25. The quantitative estimate of drug-likeness (QED) is 0.517. The topological polar surface area (TPSA) is 29.5 Å². The second-order valence-electron chi connectivity index (χ2n) is 2.64. The van der Waals surface area contributed by atoms with Gasteiger partial charge in [0, 0.05) is 6.54 Å². The molecule has 1 aliphatic heterocycles. The Bertz CT molecular complexity index is 151. The summed E-state index contributed by atoms with van der Waals surface area (Å²) in [4.78, 5) is 13.1. The van der Waals surface area contributed by atoms with Crippen molar-refractivity contribution in [3.8, 4) is 0 Å². The first-order valence-electron chi connectivity index (χ1n) is 3.69. The Kier molecular flexibility index (Phi) is 3.58. The Balaban J connectivity index is 2.47. The Morgan fingerprint density at radius 1 is 1.82 bits per heavy atom. The fourth-order valence-electron chi connectivity index (χ4n) is 1.17. The molecule has 1 unspecified atom stereocenters. The molecule has 11 heavy (non-hydrogen) atoms. The molecule has 1 fully saturated rings. The average molecular weight is 269 g/mol. The Morgan fingerprint density at radius 3 is 3.09 bits per heavy atom. The fourth-order valence-corrected chi connectivity index (χ4v) is 1.61. The van der Waals surface area contributed by atoms with Crippen LogP contribution in [0.2, 0.25) is 0 Å². The maximum Gasteiger partial charge on any atom is 0.232 e. The largest absolute Gasteiger partial charge is 0.377 e. The van der Waals surface area contributed by atoms with E-state index < -0.39 is 0 Å². The molecule has 1 heterocycles. The van der Waals surface area contributed by atoms with Crippen LogP contribution in [0.1, 0.15) is 6.92 Å². The molecule has 1 amide bonds. The number of ether oxygens (including phenoxy) is 1. The summed E-state index contributed by atoms with van der Waals surface area (Å²) in [7, 11) is 0. The Morgan fingerprint density at radius 2 is 2.55 bits per heavy atom. The van der Waals surface area contributed by atoms with E-state index in [1.165, 1.54) is 0 Å². The van der Waals surface area contributed by atoms with Gasteiger partial charge in [0.15, 0.2) is 0 Å². The van der Waals surface area contributed by atoms with Crippen molar-refractivity contribution in [3.63, 3.8) is 0 Å². The summed E-state index contributed by atoms with van der Waals surface area (Å²) in [5.41, 5.74) is 0. The molecule has 0 aromatic rings. The molecule has 0 N–H and O–H groups in total. The minimum atomic E-state index is 0.224. The van der Waals surface area contributed by atoms with Crippen molar-refractivity contribution in [1.29, 1.82) is 0 Å². The molecule has 0 aromatic heterocycles. The highest BCUT2D eigenvalue weighted by atomic mass is 127. The molecular formula is C7H12INO2. The number of alkyl halides is 1. The van der Waals surface area contributed by atoms with Crippen LogP contribution < -0.4 is 0 Å². The summed E-state index contributed by atoms with van der Waals surface area (Å²) < 4.78 is 5.78. The lowest BCUT2D eigenvalue weighted by Gasteiger charge is -2.32. The molecule has 1 saturated heterocycles. The van der Waals surface area contributed by atoms with E-state index in [0.717, 1.165) is 6.54 Å². The number of morpholine rings is 1. The van der Waals surface area contributed by atoms with Gasteiger partial charge in [-0.2, -0.15) is 0 Å². The Hall–Kier alpha value is 0.160. The van der Waals surface area contributed by atoms with Crippen LogP contribution in [0.15, 0.2) is 0 Å². The van der Waals surface area contributed by atoms with E-state index in [1.807, 2.05) is 11.8 Å². The SMILES string of the molecule is CC1COCCN1C(=O)CI. The van der Waals surface area contributed by atoms with E-state index in [4.69, 9.17) is 4.74 Å². The van der Waals surface area contributed by atoms with Crippen molar-refractivity contribution >= 4 is 28.5 Å². The van der Waals surface area contributed by atoms with Gasteiger partial charge in [0.1, 0.15) is 0 Å². The summed E-state index contributed by atoms with van der Waals surface area (Å²) >= 11 is 2.09. The highest BCUT2D eigenvalue weighted by Crippen LogP contribution is 2.07. The first-order valence-corrected chi connectivity index (χ1v) is 5.21. The van der Waals surface area contributed by atoms with Crippen LogP contribution in [0, 0.1) is 0 Å². The van der Waals surface area contributed by atoms with Crippen molar-refractivity contribution in [3.05, 3.63) is 0 Å². The minimum absolute atomic E-state index is 0.224. The molecule has 0 spiro atoms. The third-order valence-corrected chi connectivity index (χ3v) is 2.45. The summed E-state index contributed by atoms with van der Waals surface area (Å²) in [6.07, 6.45) is 0. The molecule has 64 valence electrons. The van der Waals surface area contributed by atoms with Gasteiger partial charge < -0.3 is 9.64 Å². The number of amides is 1. The molecule has 3 nitrogen and oxygen atoms in total. The van der Waals surface area contributed by atoms with Crippen LogP contribution in [0.4, 0.5) is 0 Å². The van der Waals surface area contributed by atoms with Crippen LogP contribution in [0.25, 0.3) is 0 Å². The average Bonchev–Trinajstić information content (AvgIpc) is 2.04. The molecule has 0 bridgehead atoms. The van der Waals surface area contributed by atoms with Crippen molar-refractivity contribution < 1.29 is 9.53 Å². The fraction of sp³-hybridized carbons (Fsp3) is 0.857. The van der Waals surface area contributed by atoms with E-state index in [2.05, 4.69) is 22.6 Å². The number of rotatable bonds is 1. The predicted octanol–water partition coefficient (Wildman–Crippen LogP) is 0.669. The summed E-state index contributed by atoms with van der Waals surface area (Å²) in [5, 5.41) is 0. The van der Waals surface area contributed by atoms with Gasteiger partial charge in [0.25, 0.3) is 0 Å². The number of carbonyl (C=O) groups excluding carboxylic acids is 1. The first kappa shape index (κ1) is 9.25. The number of halogens is 1. The number of nitrogens with zero attached hydrogens (tertiary/aromatic N) is 1. The zero-order valence-corrected chi connectivity index (χ0v) is 8.70. The Labute approximate surface area is 80.2 Å². The van der Waals surface area contributed by atoms with Gasteiger partial charge in [-0.05, 0) is 6.92 Å². The zero-order valence-electron chi connectivity index (χ0n) is 6.55. The van der Waals surface area contributed by atoms with E-state index in [-0.39, 0.29) is 11.9 Å². The van der Waals surface area contributed by atoms with Crippen molar-refractivity contribution in [2.75, 3.05) is 24.2 Å². The minimum Gasteiger partial charge on any atom is -0.377 e. The van der Waals surface area contributed by atoms with Crippen molar-refractivity contribution in [1.82, 2.24) is 4.90 Å². The monoisotopic (exact) mass is 269 g/mol. The van der Waals surface area contributed by atoms with Gasteiger partial charge in [-0.1, -0.05) is 22.6 Å². The molecule has 0 radical (unpaired) electrons. The van der Waals surface area contributed by atoms with Gasteiger partial charge >= 0.3 is 0 Å². The van der Waals surface area contributed by atoms with E-state index in [0.29, 0.717) is 17.6 Å². The highest BCUT2D eigenvalue weighted by molar-refractivity contribution is 14.1. The number of hydrogen-bond acceptors (Lipinski definition) is 2. The third kappa shape index (κ3) is 2.30. The molecule has 0 aliphatic carbocycles. The molecule has 1 atom stereocenters. The lowest BCUT2D eigenvalue weighted by atomic mass is 10.2. The van der Waals surface area contributed by atoms with Gasteiger partial charge in [-0.25, -0.2) is 0 Å². The maximum absolute atomic E-state index is 11.2. The summed E-state index contributed by atoms with van der Waals surface area (Å²) in [6, 6.07) is 0.256. The van der Waals surface area contributed by atoms with Gasteiger partial charge in [0.2, 0.25) is 5.91 Å². The van der Waals surface area contributed by atoms with Gasteiger partial charge in [-0.3, -0.25) is 4.79 Å². The molecule has 0 saturated carbocycles. The van der Waals surface area contributed by atoms with Crippen LogP contribution in [0.5, 0.6) is 0 Å². The molecule has 4 heteroatoms. The van der Waals surface area contributed by atoms with E-state index in [9.17, 15) is 4.79 Å². The predicted molar refractivity (Wildman–Crippen MR) is 50.9 cm³/mol. The van der Waals surface area contributed by atoms with Crippen LogP contribution >= 0.6 is 22.6 Å². The lowest BCUT2D eigenvalue weighted by molar-refractivity contribution is -0.135. The molecule has 1 rings (SSSR count). The van der Waals surface area contributed by atoms with Crippen molar-refractivity contribution in [2.45, 2.75) is 13.0 Å². The zero-order chi connectivity index (χ0) is 8.27. The lowest BCUT2D eigenvalue weighted by Crippen LogP contribution is -2.47. The summed E-state index contributed by atoms with van der Waals surface area (Å²) in [6.45, 7) is 4.14. The normalized spacial score (nSPS) is 25.3. The third-order valence-electron chi connectivity index (χ3n) is 1.80. The van der Waals surface area contributed by atoms with Gasteiger partial charge in [-0.15, -0.1) is 0 Å². The molecular weight excluding hydrogens is 257 g/mol. The maximum atomic E-state index is 11.2. The van der Waals surface area contributed by atoms with Crippen LogP contribution in [0.3, 0.4) is 0 Å². The second kappa shape index (κ2) is 4.25. The van der Waals surface area contributed by atoms with Crippen LogP contribution in [-0.4, -0.2) is 41.0 Å². The highest BCUT2D eigenvalue weighted by Gasteiger charge is 2.22. The second-order valence-corrected chi connectivity index (χ2v) is 3.41. The van der Waals surface area contributed by atoms with Crippen molar-refractivity contribution in [2.24, 2.45) is 0 Å². The standard InChI is InChI=1S/C7H12INO2/c1-6-5-11-3-2-9(6)7(10)4-8/h6H,2-5H2,1H3.